The van der Waals surface area contributed by atoms with Crippen LogP contribution in [0.15, 0.2) is 224 Å². The van der Waals surface area contributed by atoms with Crippen LogP contribution in [-0.4, -0.2) is 0 Å². The summed E-state index contributed by atoms with van der Waals surface area (Å²) in [5, 5.41) is 4.97. The lowest BCUT2D eigenvalue weighted by molar-refractivity contribution is 0.687. The van der Waals surface area contributed by atoms with Crippen molar-refractivity contribution in [1.82, 2.24) is 0 Å². The van der Waals surface area contributed by atoms with E-state index in [4.69, 9.17) is 0 Å². The Bertz CT molecular complexity index is 3230. The Morgan fingerprint density at radius 2 is 0.968 bits per heavy atom. The Kier molecular flexibility index (Phi) is 8.75. The van der Waals surface area contributed by atoms with Crippen LogP contribution in [-0.2, 0) is 18.3 Å². The van der Waals surface area contributed by atoms with Crippen LogP contribution in [0, 0.1) is 0 Å². The second-order valence-electron chi connectivity index (χ2n) is 17.0. The number of anilines is 3. The van der Waals surface area contributed by atoms with Gasteiger partial charge in [0.25, 0.3) is 0 Å². The van der Waals surface area contributed by atoms with Gasteiger partial charge in [-0.05, 0) is 145 Å². The van der Waals surface area contributed by atoms with Gasteiger partial charge in [0, 0.05) is 16.9 Å². The molecule has 0 aromatic heterocycles. The van der Waals surface area contributed by atoms with Crippen LogP contribution < -0.4 is 4.90 Å². The van der Waals surface area contributed by atoms with E-state index in [1.807, 2.05) is 0 Å². The van der Waals surface area contributed by atoms with Crippen LogP contribution in [0.1, 0.15) is 46.2 Å². The highest BCUT2D eigenvalue weighted by atomic mass is 15.1. The summed E-state index contributed by atoms with van der Waals surface area (Å²) in [6, 6.07) is 84.0. The van der Waals surface area contributed by atoms with Gasteiger partial charge >= 0.3 is 0 Å². The smallest absolute Gasteiger partial charge is 0.0720 e. The third kappa shape index (κ3) is 5.76. The second kappa shape index (κ2) is 14.9. The summed E-state index contributed by atoms with van der Waals surface area (Å²) < 4.78 is 0. The maximum Gasteiger partial charge on any atom is 0.0720 e. The van der Waals surface area contributed by atoms with Crippen molar-refractivity contribution in [3.63, 3.8) is 0 Å². The summed E-state index contributed by atoms with van der Waals surface area (Å²) >= 11 is 0. The first-order valence-electron chi connectivity index (χ1n) is 22.1. The molecule has 0 atom stereocenters. The third-order valence-electron chi connectivity index (χ3n) is 13.7. The molecule has 0 radical (unpaired) electrons. The lowest BCUT2D eigenvalue weighted by Gasteiger charge is -2.36. The fraction of sp³-hybridized carbons (Fsp3) is 0.0820. The molecule has 12 rings (SSSR count). The van der Waals surface area contributed by atoms with Crippen molar-refractivity contribution in [2.24, 2.45) is 0 Å². The van der Waals surface area contributed by atoms with E-state index in [1.54, 1.807) is 0 Å². The molecule has 1 heteroatoms. The third-order valence-corrected chi connectivity index (χ3v) is 13.7. The summed E-state index contributed by atoms with van der Waals surface area (Å²) in [6.07, 6.45) is 4.85. The van der Waals surface area contributed by atoms with E-state index in [2.05, 4.69) is 229 Å². The fourth-order valence-electron chi connectivity index (χ4n) is 10.9. The molecule has 10 aromatic rings. The first-order chi connectivity index (χ1) is 30.8. The predicted octanol–water partition coefficient (Wildman–Crippen LogP) is 16.0. The Labute approximate surface area is 364 Å². The minimum absolute atomic E-state index is 0.572. The molecule has 0 saturated heterocycles. The van der Waals surface area contributed by atoms with Crippen molar-refractivity contribution in [2.45, 2.75) is 31.1 Å². The largest absolute Gasteiger partial charge is 0.310 e. The molecule has 2 aliphatic rings. The van der Waals surface area contributed by atoms with Crippen LogP contribution in [0.25, 0.3) is 54.9 Å². The first kappa shape index (κ1) is 36.4. The normalized spacial score (nSPS) is 13.7. The fourth-order valence-corrected chi connectivity index (χ4v) is 10.9. The van der Waals surface area contributed by atoms with Crippen LogP contribution in [0.2, 0.25) is 0 Å². The number of rotatable bonds is 7. The van der Waals surface area contributed by atoms with Gasteiger partial charge in [-0.3, -0.25) is 0 Å². The number of hydrogen-bond acceptors (Lipinski definition) is 1. The molecular formula is C61H45N. The summed E-state index contributed by atoms with van der Waals surface area (Å²) in [4.78, 5) is 2.52. The monoisotopic (exact) mass is 791 g/mol. The van der Waals surface area contributed by atoms with E-state index in [1.165, 1.54) is 108 Å². The van der Waals surface area contributed by atoms with Gasteiger partial charge in [0.1, 0.15) is 0 Å². The zero-order chi connectivity index (χ0) is 41.0. The van der Waals surface area contributed by atoms with E-state index in [0.29, 0.717) is 0 Å². The van der Waals surface area contributed by atoms with Gasteiger partial charge in [0.05, 0.1) is 11.1 Å². The molecule has 1 nitrogen and oxygen atoms in total. The predicted molar refractivity (Wildman–Crippen MR) is 261 cm³/mol. The highest BCUT2D eigenvalue weighted by molar-refractivity contribution is 6.02. The van der Waals surface area contributed by atoms with E-state index in [0.717, 1.165) is 23.5 Å². The lowest BCUT2D eigenvalue weighted by Crippen LogP contribution is -2.29. The molecule has 0 N–H and O–H groups in total. The van der Waals surface area contributed by atoms with Gasteiger partial charge in [0.2, 0.25) is 0 Å². The van der Waals surface area contributed by atoms with Crippen LogP contribution >= 0.6 is 0 Å². The summed E-state index contributed by atoms with van der Waals surface area (Å²) in [7, 11) is 0. The number of hydrogen-bond donors (Lipinski definition) is 0. The van der Waals surface area contributed by atoms with E-state index in [-0.39, 0.29) is 0 Å². The second-order valence-corrected chi connectivity index (χ2v) is 17.0. The van der Waals surface area contributed by atoms with Crippen molar-refractivity contribution >= 4 is 38.6 Å². The number of nitrogens with zero attached hydrogens (tertiary/aromatic N) is 1. The lowest BCUT2D eigenvalue weighted by atomic mass is 9.66. The van der Waals surface area contributed by atoms with Crippen LogP contribution in [0.3, 0.4) is 0 Å². The van der Waals surface area contributed by atoms with Crippen LogP contribution in [0.4, 0.5) is 17.1 Å². The van der Waals surface area contributed by atoms with Crippen molar-refractivity contribution in [3.05, 3.63) is 258 Å². The van der Waals surface area contributed by atoms with Gasteiger partial charge < -0.3 is 4.90 Å². The molecule has 62 heavy (non-hydrogen) atoms. The average molecular weight is 792 g/mol. The highest BCUT2D eigenvalue weighted by Crippen LogP contribution is 2.59. The zero-order valence-corrected chi connectivity index (χ0v) is 34.6. The summed E-state index contributed by atoms with van der Waals surface area (Å²) in [5.41, 5.74) is 18.6. The molecule has 0 unspecified atom stereocenters. The minimum Gasteiger partial charge on any atom is -0.310 e. The SMILES string of the molecule is c1ccc(-c2cc3ccccc3cc2N(c2ccc(-c3cccc4c3CCCC4)cc2)c2ccc3c(c2)C(c2ccccc2)(c2ccccc2)c2c-3ccc3ccccc23)cc1. The minimum atomic E-state index is -0.572. The van der Waals surface area contributed by atoms with Crippen molar-refractivity contribution < 1.29 is 0 Å². The summed E-state index contributed by atoms with van der Waals surface area (Å²) in [6.45, 7) is 0. The summed E-state index contributed by atoms with van der Waals surface area (Å²) in [5.74, 6) is 0. The zero-order valence-electron chi connectivity index (χ0n) is 34.6. The quantitative estimate of drug-likeness (QED) is 0.155. The van der Waals surface area contributed by atoms with E-state index < -0.39 is 5.41 Å². The van der Waals surface area contributed by atoms with Crippen molar-refractivity contribution in [1.29, 1.82) is 0 Å². The standard InChI is InChI=1S/C61H45N/c1-4-17-43(18-5-1)57-39-46-21-10-11-22-47(46)40-59(57)62(50-34-31-45(32-35-50)53-30-16-23-42-19-12-14-28-52(42)53)51-36-38-55-56-37-33-44-20-13-15-29-54(44)60(56)61(58(55)41-51,48-24-6-2-7-25-48)49-26-8-3-9-27-49/h1-11,13,15-18,20-27,29-41H,12,14,19,28H2. The molecule has 0 bridgehead atoms. The maximum absolute atomic E-state index is 2.52. The Morgan fingerprint density at radius 3 is 1.71 bits per heavy atom. The van der Waals surface area contributed by atoms with Crippen molar-refractivity contribution in [3.8, 4) is 33.4 Å². The molecule has 0 heterocycles. The number of aryl methyl sites for hydroxylation is 1. The molecule has 0 fully saturated rings. The Balaban J connectivity index is 1.14. The molecule has 0 aliphatic heterocycles. The van der Waals surface area contributed by atoms with Gasteiger partial charge in [-0.2, -0.15) is 0 Å². The molecule has 294 valence electrons. The number of fused-ring (bicyclic) bond motifs is 7. The van der Waals surface area contributed by atoms with E-state index >= 15 is 0 Å². The van der Waals surface area contributed by atoms with Crippen LogP contribution in [0.5, 0.6) is 0 Å². The maximum atomic E-state index is 2.52. The van der Waals surface area contributed by atoms with Gasteiger partial charge in [-0.15, -0.1) is 0 Å². The molecule has 0 spiro atoms. The topological polar surface area (TPSA) is 3.24 Å². The van der Waals surface area contributed by atoms with Gasteiger partial charge in [0.15, 0.2) is 0 Å². The molecule has 0 saturated carbocycles. The Morgan fingerprint density at radius 1 is 0.371 bits per heavy atom. The number of benzene rings is 10. The molecule has 2 aliphatic carbocycles. The average Bonchev–Trinajstić information content (AvgIpc) is 3.65. The highest BCUT2D eigenvalue weighted by Gasteiger charge is 2.47. The first-order valence-corrected chi connectivity index (χ1v) is 22.1. The Hall–Kier alpha value is -7.48. The van der Waals surface area contributed by atoms with E-state index in [9.17, 15) is 0 Å². The molecular weight excluding hydrogens is 747 g/mol. The molecule has 0 amide bonds. The molecule has 10 aromatic carbocycles. The van der Waals surface area contributed by atoms with Gasteiger partial charge in [-0.1, -0.05) is 188 Å². The van der Waals surface area contributed by atoms with Gasteiger partial charge in [-0.25, -0.2) is 0 Å². The van der Waals surface area contributed by atoms with Crippen molar-refractivity contribution in [2.75, 3.05) is 4.90 Å².